The Kier molecular flexibility index (Phi) is 11.1. The first-order chi connectivity index (χ1) is 22.0. The minimum absolute atomic E-state index is 0.0146. The number of amides is 2. The van der Waals surface area contributed by atoms with E-state index in [-0.39, 0.29) is 17.9 Å². The molecule has 0 radical (unpaired) electrons. The molecule has 1 aliphatic rings. The van der Waals surface area contributed by atoms with Crippen molar-refractivity contribution >= 4 is 11.8 Å². The lowest BCUT2D eigenvalue weighted by atomic mass is 9.93. The van der Waals surface area contributed by atoms with E-state index in [9.17, 15) is 14.9 Å². The molecule has 1 aliphatic heterocycles. The summed E-state index contributed by atoms with van der Waals surface area (Å²) in [6, 6.07) is 37.4. The number of carbonyl (C=O) groups excluding carboxylic acids is 2. The van der Waals surface area contributed by atoms with Crippen molar-refractivity contribution in [3.05, 3.63) is 142 Å². The van der Waals surface area contributed by atoms with Crippen LogP contribution in [0.15, 0.2) is 103 Å². The second kappa shape index (κ2) is 15.8. The molecule has 1 N–H and O–H groups in total. The number of piperazine rings is 1. The largest absolute Gasteiger partial charge is 0.356 e. The highest BCUT2D eigenvalue weighted by Crippen LogP contribution is 2.22. The van der Waals surface area contributed by atoms with E-state index in [1.165, 1.54) is 27.8 Å². The molecule has 45 heavy (non-hydrogen) atoms. The molecule has 6 heteroatoms. The van der Waals surface area contributed by atoms with E-state index in [2.05, 4.69) is 87.9 Å². The van der Waals surface area contributed by atoms with E-state index in [0.717, 1.165) is 44.5 Å². The molecule has 2 amide bonds. The van der Waals surface area contributed by atoms with Gasteiger partial charge in [0.05, 0.1) is 11.6 Å². The molecule has 0 aromatic heterocycles. The summed E-state index contributed by atoms with van der Waals surface area (Å²) < 4.78 is 0. The van der Waals surface area contributed by atoms with Gasteiger partial charge in [-0.2, -0.15) is 5.26 Å². The summed E-state index contributed by atoms with van der Waals surface area (Å²) in [6.45, 7) is 5.39. The Bertz CT molecular complexity index is 1610. The molecule has 5 rings (SSSR count). The molecule has 0 unspecified atom stereocenters. The van der Waals surface area contributed by atoms with Gasteiger partial charge in [-0.1, -0.05) is 91.0 Å². The number of rotatable bonds is 12. The average molecular weight is 599 g/mol. The van der Waals surface area contributed by atoms with E-state index in [1.807, 2.05) is 36.4 Å². The minimum atomic E-state index is -0.0146. The summed E-state index contributed by atoms with van der Waals surface area (Å²) in [7, 11) is 0. The summed E-state index contributed by atoms with van der Waals surface area (Å²) in [5, 5.41) is 12.1. The highest BCUT2D eigenvalue weighted by Gasteiger charge is 2.30. The van der Waals surface area contributed by atoms with Gasteiger partial charge in [0.1, 0.15) is 0 Å². The van der Waals surface area contributed by atoms with Gasteiger partial charge in [-0.05, 0) is 71.2 Å². The van der Waals surface area contributed by atoms with Crippen LogP contribution in [-0.2, 0) is 41.8 Å². The van der Waals surface area contributed by atoms with Crippen molar-refractivity contribution in [2.75, 3.05) is 26.2 Å². The van der Waals surface area contributed by atoms with E-state index >= 15 is 0 Å². The van der Waals surface area contributed by atoms with Gasteiger partial charge in [-0.3, -0.25) is 14.5 Å². The molecule has 0 spiro atoms. The summed E-state index contributed by atoms with van der Waals surface area (Å²) in [5.74, 6) is 0.178. The molecule has 4 aromatic rings. The number of aryl methyl sites for hydroxylation is 1. The average Bonchev–Trinajstić information content (AvgIpc) is 3.06. The summed E-state index contributed by atoms with van der Waals surface area (Å²) >= 11 is 0. The number of carbonyl (C=O) groups is 2. The maximum Gasteiger partial charge on any atom is 0.223 e. The fourth-order valence-corrected chi connectivity index (χ4v) is 6.31. The van der Waals surface area contributed by atoms with Crippen LogP contribution in [0.4, 0.5) is 0 Å². The molecule has 1 saturated heterocycles. The SMILES string of the molecule is CC(=O)NCCc1ccccc1Cc1ccccc1CCC(=O)N1CCN(Cc2ccccc2)C[C@H]1Cc1ccc(C#N)cc1. The van der Waals surface area contributed by atoms with Gasteiger partial charge in [0.25, 0.3) is 0 Å². The van der Waals surface area contributed by atoms with Crippen LogP contribution < -0.4 is 5.32 Å². The second-order valence-electron chi connectivity index (χ2n) is 11.9. The Morgan fingerprint density at radius 3 is 2.04 bits per heavy atom. The van der Waals surface area contributed by atoms with Crippen LogP contribution in [0, 0.1) is 11.3 Å². The van der Waals surface area contributed by atoms with Gasteiger partial charge >= 0.3 is 0 Å². The quantitative estimate of drug-likeness (QED) is 0.227. The van der Waals surface area contributed by atoms with Crippen molar-refractivity contribution in [1.82, 2.24) is 15.1 Å². The molecule has 1 fully saturated rings. The number of hydrogen-bond acceptors (Lipinski definition) is 4. The number of nitriles is 1. The predicted molar refractivity (Wildman–Crippen MR) is 178 cm³/mol. The van der Waals surface area contributed by atoms with Gasteiger partial charge < -0.3 is 10.2 Å². The van der Waals surface area contributed by atoms with Crippen molar-refractivity contribution in [3.8, 4) is 6.07 Å². The van der Waals surface area contributed by atoms with E-state index < -0.39 is 0 Å². The normalized spacial score (nSPS) is 14.9. The minimum Gasteiger partial charge on any atom is -0.356 e. The molecule has 0 bridgehead atoms. The zero-order chi connectivity index (χ0) is 31.4. The molecule has 0 saturated carbocycles. The number of benzene rings is 4. The molecule has 6 nitrogen and oxygen atoms in total. The van der Waals surface area contributed by atoms with Crippen LogP contribution in [0.1, 0.15) is 52.3 Å². The van der Waals surface area contributed by atoms with E-state index in [1.54, 1.807) is 6.92 Å². The van der Waals surface area contributed by atoms with Gasteiger partial charge in [0.15, 0.2) is 0 Å². The predicted octanol–water partition coefficient (Wildman–Crippen LogP) is 5.72. The molecule has 1 heterocycles. The number of hydrogen-bond donors (Lipinski definition) is 1. The molecule has 4 aromatic carbocycles. The van der Waals surface area contributed by atoms with Gasteiger partial charge in [0.2, 0.25) is 11.8 Å². The standard InChI is InChI=1S/C39H42N4O2/c1-30(44)41-22-21-35-12-6-8-14-37(35)26-36-13-7-5-11-34(36)19-20-39(45)43-24-23-42(28-33-9-3-2-4-10-33)29-38(43)25-31-15-17-32(27-40)18-16-31/h2-18,38H,19-26,28-29H2,1H3,(H,41,44)/t38-/m1/s1. The molecule has 1 atom stereocenters. The van der Waals surface area contributed by atoms with Gasteiger partial charge in [0, 0.05) is 52.1 Å². The lowest BCUT2D eigenvalue weighted by Crippen LogP contribution is -2.55. The second-order valence-corrected chi connectivity index (χ2v) is 11.9. The molecular weight excluding hydrogens is 556 g/mol. The highest BCUT2D eigenvalue weighted by atomic mass is 16.2. The first-order valence-electron chi connectivity index (χ1n) is 15.9. The molecule has 230 valence electrons. The monoisotopic (exact) mass is 598 g/mol. The van der Waals surface area contributed by atoms with E-state index in [4.69, 9.17) is 0 Å². The molecule has 0 aliphatic carbocycles. The zero-order valence-electron chi connectivity index (χ0n) is 26.1. The van der Waals surface area contributed by atoms with E-state index in [0.29, 0.717) is 31.5 Å². The van der Waals surface area contributed by atoms with Crippen LogP contribution in [0.5, 0.6) is 0 Å². The zero-order valence-corrected chi connectivity index (χ0v) is 26.1. The lowest BCUT2D eigenvalue weighted by Gasteiger charge is -2.42. The maximum atomic E-state index is 13.9. The number of nitrogens with zero attached hydrogens (tertiary/aromatic N) is 3. The van der Waals surface area contributed by atoms with Crippen LogP contribution in [0.25, 0.3) is 0 Å². The lowest BCUT2D eigenvalue weighted by molar-refractivity contribution is -0.136. The van der Waals surface area contributed by atoms with Crippen molar-refractivity contribution in [3.63, 3.8) is 0 Å². The van der Waals surface area contributed by atoms with Crippen LogP contribution in [0.2, 0.25) is 0 Å². The summed E-state index contributed by atoms with van der Waals surface area (Å²) in [4.78, 5) is 29.8. The fourth-order valence-electron chi connectivity index (χ4n) is 6.31. The van der Waals surface area contributed by atoms with Crippen molar-refractivity contribution < 1.29 is 9.59 Å². The smallest absolute Gasteiger partial charge is 0.223 e. The third-order valence-electron chi connectivity index (χ3n) is 8.68. The Morgan fingerprint density at radius 1 is 0.778 bits per heavy atom. The summed E-state index contributed by atoms with van der Waals surface area (Å²) in [5.41, 5.74) is 7.99. The van der Waals surface area contributed by atoms with Crippen molar-refractivity contribution in [2.24, 2.45) is 0 Å². The summed E-state index contributed by atoms with van der Waals surface area (Å²) in [6.07, 6.45) is 3.49. The first kappa shape index (κ1) is 31.7. The van der Waals surface area contributed by atoms with Gasteiger partial charge in [-0.25, -0.2) is 0 Å². The third-order valence-corrected chi connectivity index (χ3v) is 8.68. The van der Waals surface area contributed by atoms with Crippen LogP contribution >= 0.6 is 0 Å². The Balaban J connectivity index is 1.26. The fraction of sp³-hybridized carbons (Fsp3) is 0.308. The van der Waals surface area contributed by atoms with Crippen molar-refractivity contribution in [1.29, 1.82) is 5.26 Å². The first-order valence-corrected chi connectivity index (χ1v) is 15.9. The highest BCUT2D eigenvalue weighted by molar-refractivity contribution is 5.77. The maximum absolute atomic E-state index is 13.9. The Hall–Kier alpha value is -4.73. The topological polar surface area (TPSA) is 76.4 Å². The Morgan fingerprint density at radius 2 is 1.40 bits per heavy atom. The number of nitrogens with one attached hydrogen (secondary N) is 1. The Labute approximate surface area is 267 Å². The third kappa shape index (κ3) is 9.14. The van der Waals surface area contributed by atoms with Gasteiger partial charge in [-0.15, -0.1) is 0 Å². The van der Waals surface area contributed by atoms with Crippen LogP contribution in [0.3, 0.4) is 0 Å². The van der Waals surface area contributed by atoms with Crippen molar-refractivity contribution in [2.45, 2.75) is 51.6 Å². The molecular formula is C39H42N4O2. The van der Waals surface area contributed by atoms with Crippen LogP contribution in [-0.4, -0.2) is 53.8 Å².